The van der Waals surface area contributed by atoms with Crippen molar-refractivity contribution < 1.29 is 9.90 Å². The van der Waals surface area contributed by atoms with Crippen molar-refractivity contribution in [3.8, 4) is 0 Å². The van der Waals surface area contributed by atoms with E-state index in [-0.39, 0.29) is 12.4 Å². The van der Waals surface area contributed by atoms with Crippen LogP contribution in [0.4, 0.5) is 4.79 Å². The SMILES string of the molecule is CCCCCCN(CCN)C(=O)O.Cl. The second-order valence-corrected chi connectivity index (χ2v) is 3.12. The zero-order valence-corrected chi connectivity index (χ0v) is 9.55. The average Bonchev–Trinajstić information content (AvgIpc) is 2.10. The maximum Gasteiger partial charge on any atom is 0.407 e. The van der Waals surface area contributed by atoms with Crippen molar-refractivity contribution in [2.75, 3.05) is 19.6 Å². The summed E-state index contributed by atoms with van der Waals surface area (Å²) in [5.74, 6) is 0. The number of nitrogens with two attached hydrogens (primary N) is 1. The zero-order valence-electron chi connectivity index (χ0n) is 8.74. The van der Waals surface area contributed by atoms with E-state index in [2.05, 4.69) is 6.92 Å². The quantitative estimate of drug-likeness (QED) is 0.650. The summed E-state index contributed by atoms with van der Waals surface area (Å²) in [4.78, 5) is 12.0. The van der Waals surface area contributed by atoms with Crippen LogP contribution in [0.15, 0.2) is 0 Å². The first-order valence-corrected chi connectivity index (χ1v) is 4.90. The number of nitrogens with zero attached hydrogens (tertiary/aromatic N) is 1. The second-order valence-electron chi connectivity index (χ2n) is 3.12. The van der Waals surface area contributed by atoms with Crippen LogP contribution in [0.5, 0.6) is 0 Å². The lowest BCUT2D eigenvalue weighted by molar-refractivity contribution is 0.145. The zero-order chi connectivity index (χ0) is 10.1. The van der Waals surface area contributed by atoms with E-state index in [0.29, 0.717) is 19.6 Å². The maximum atomic E-state index is 10.6. The fourth-order valence-electron chi connectivity index (χ4n) is 1.19. The van der Waals surface area contributed by atoms with Crippen molar-refractivity contribution >= 4 is 18.5 Å². The van der Waals surface area contributed by atoms with Gasteiger partial charge in [0.05, 0.1) is 0 Å². The predicted molar refractivity (Wildman–Crippen MR) is 60.0 cm³/mol. The standard InChI is InChI=1S/C9H20N2O2.ClH/c1-2-3-4-5-7-11(8-6-10)9(12)13;/h2-8,10H2,1H3,(H,12,13);1H. The van der Waals surface area contributed by atoms with Gasteiger partial charge in [-0.2, -0.15) is 0 Å². The molecule has 0 heterocycles. The maximum absolute atomic E-state index is 10.6. The van der Waals surface area contributed by atoms with E-state index in [4.69, 9.17) is 10.8 Å². The van der Waals surface area contributed by atoms with Crippen LogP contribution >= 0.6 is 12.4 Å². The van der Waals surface area contributed by atoms with Crippen LogP contribution in [0, 0.1) is 0 Å². The molecule has 0 aliphatic heterocycles. The predicted octanol–water partition coefficient (Wildman–Crippen LogP) is 1.93. The lowest BCUT2D eigenvalue weighted by Crippen LogP contribution is -2.34. The molecular formula is C9H21ClN2O2. The number of rotatable bonds is 7. The third-order valence-electron chi connectivity index (χ3n) is 1.95. The summed E-state index contributed by atoms with van der Waals surface area (Å²) in [6.45, 7) is 3.60. The Kier molecular flexibility index (Phi) is 12.1. The number of halogens is 1. The Morgan fingerprint density at radius 3 is 2.36 bits per heavy atom. The Bertz CT molecular complexity index is 145. The molecule has 0 aromatic heterocycles. The first-order valence-electron chi connectivity index (χ1n) is 4.90. The molecule has 0 radical (unpaired) electrons. The van der Waals surface area contributed by atoms with Crippen molar-refractivity contribution in [3.63, 3.8) is 0 Å². The minimum absolute atomic E-state index is 0. The van der Waals surface area contributed by atoms with E-state index in [1.54, 1.807) is 0 Å². The largest absolute Gasteiger partial charge is 0.465 e. The van der Waals surface area contributed by atoms with Crippen LogP contribution in [-0.4, -0.2) is 35.7 Å². The van der Waals surface area contributed by atoms with E-state index in [1.165, 1.54) is 17.7 Å². The van der Waals surface area contributed by atoms with Gasteiger partial charge in [0.1, 0.15) is 0 Å². The summed E-state index contributed by atoms with van der Waals surface area (Å²) >= 11 is 0. The molecule has 0 saturated heterocycles. The summed E-state index contributed by atoms with van der Waals surface area (Å²) in [5, 5.41) is 8.73. The smallest absolute Gasteiger partial charge is 0.407 e. The average molecular weight is 225 g/mol. The van der Waals surface area contributed by atoms with Crippen molar-refractivity contribution in [2.45, 2.75) is 32.6 Å². The topological polar surface area (TPSA) is 66.6 Å². The highest BCUT2D eigenvalue weighted by molar-refractivity contribution is 5.85. The van der Waals surface area contributed by atoms with E-state index in [0.717, 1.165) is 12.8 Å². The molecule has 0 bridgehead atoms. The highest BCUT2D eigenvalue weighted by Crippen LogP contribution is 2.01. The van der Waals surface area contributed by atoms with Gasteiger partial charge in [-0.25, -0.2) is 4.79 Å². The lowest BCUT2D eigenvalue weighted by Gasteiger charge is -2.17. The number of unbranched alkanes of at least 4 members (excludes halogenated alkanes) is 3. The van der Waals surface area contributed by atoms with Crippen LogP contribution in [0.1, 0.15) is 32.6 Å². The molecule has 0 rings (SSSR count). The van der Waals surface area contributed by atoms with E-state index >= 15 is 0 Å². The normalized spacial score (nSPS) is 9.29. The van der Waals surface area contributed by atoms with Crippen LogP contribution in [0.3, 0.4) is 0 Å². The van der Waals surface area contributed by atoms with Gasteiger partial charge >= 0.3 is 6.09 Å². The summed E-state index contributed by atoms with van der Waals surface area (Å²) in [5.41, 5.74) is 5.29. The number of carbonyl (C=O) groups is 1. The minimum atomic E-state index is -0.859. The molecule has 5 heteroatoms. The minimum Gasteiger partial charge on any atom is -0.465 e. The molecular weight excluding hydrogens is 204 g/mol. The second kappa shape index (κ2) is 10.6. The van der Waals surface area contributed by atoms with Gasteiger partial charge in [-0.15, -0.1) is 12.4 Å². The molecule has 3 N–H and O–H groups in total. The first kappa shape index (κ1) is 16.0. The Balaban J connectivity index is 0. The van der Waals surface area contributed by atoms with Gasteiger partial charge in [-0.1, -0.05) is 26.2 Å². The molecule has 1 amide bonds. The van der Waals surface area contributed by atoms with Crippen molar-refractivity contribution in [1.82, 2.24) is 4.90 Å². The Morgan fingerprint density at radius 2 is 1.93 bits per heavy atom. The van der Waals surface area contributed by atoms with E-state index in [1.807, 2.05) is 0 Å². The molecule has 0 aliphatic rings. The van der Waals surface area contributed by atoms with E-state index < -0.39 is 6.09 Å². The fourth-order valence-corrected chi connectivity index (χ4v) is 1.19. The summed E-state index contributed by atoms with van der Waals surface area (Å²) in [6.07, 6.45) is 3.53. The van der Waals surface area contributed by atoms with Crippen molar-refractivity contribution in [3.05, 3.63) is 0 Å². The molecule has 14 heavy (non-hydrogen) atoms. The van der Waals surface area contributed by atoms with Crippen LogP contribution in [0.25, 0.3) is 0 Å². The van der Waals surface area contributed by atoms with Crippen molar-refractivity contribution in [2.24, 2.45) is 5.73 Å². The Morgan fingerprint density at radius 1 is 1.29 bits per heavy atom. The molecule has 0 aliphatic carbocycles. The van der Waals surface area contributed by atoms with Crippen molar-refractivity contribution in [1.29, 1.82) is 0 Å². The van der Waals surface area contributed by atoms with Gasteiger partial charge in [0.2, 0.25) is 0 Å². The van der Waals surface area contributed by atoms with Crippen LogP contribution in [0.2, 0.25) is 0 Å². The van der Waals surface area contributed by atoms with Gasteiger partial charge in [-0.3, -0.25) is 0 Å². The van der Waals surface area contributed by atoms with Crippen LogP contribution < -0.4 is 5.73 Å². The fraction of sp³-hybridized carbons (Fsp3) is 0.889. The molecule has 0 unspecified atom stereocenters. The molecule has 0 aromatic rings. The lowest BCUT2D eigenvalue weighted by atomic mass is 10.2. The third-order valence-corrected chi connectivity index (χ3v) is 1.95. The number of hydrogen-bond donors (Lipinski definition) is 2. The van der Waals surface area contributed by atoms with Gasteiger partial charge in [0, 0.05) is 19.6 Å². The number of carboxylic acid groups (broad SMARTS) is 1. The third kappa shape index (κ3) is 8.13. The molecule has 0 aromatic carbocycles. The molecule has 0 fully saturated rings. The molecule has 4 nitrogen and oxygen atoms in total. The number of amides is 1. The monoisotopic (exact) mass is 224 g/mol. The van der Waals surface area contributed by atoms with Gasteiger partial charge in [0.25, 0.3) is 0 Å². The summed E-state index contributed by atoms with van der Waals surface area (Å²) in [6, 6.07) is 0. The first-order chi connectivity index (χ1) is 6.22. The highest BCUT2D eigenvalue weighted by Gasteiger charge is 2.08. The Labute approximate surface area is 91.9 Å². The molecule has 86 valence electrons. The molecule has 0 atom stereocenters. The molecule has 0 saturated carbocycles. The summed E-state index contributed by atoms with van der Waals surface area (Å²) < 4.78 is 0. The Hall–Kier alpha value is -0.480. The highest BCUT2D eigenvalue weighted by atomic mass is 35.5. The van der Waals surface area contributed by atoms with Gasteiger partial charge < -0.3 is 15.7 Å². The van der Waals surface area contributed by atoms with E-state index in [9.17, 15) is 4.79 Å². The number of hydrogen-bond acceptors (Lipinski definition) is 2. The van der Waals surface area contributed by atoms with Gasteiger partial charge in [-0.05, 0) is 6.42 Å². The van der Waals surface area contributed by atoms with Gasteiger partial charge in [0.15, 0.2) is 0 Å². The van der Waals surface area contributed by atoms with Crippen LogP contribution in [-0.2, 0) is 0 Å². The summed E-state index contributed by atoms with van der Waals surface area (Å²) in [7, 11) is 0. The molecule has 0 spiro atoms.